The molecule has 0 aliphatic heterocycles. The first-order chi connectivity index (χ1) is 10.4. The van der Waals surface area contributed by atoms with Crippen LogP contribution in [0.25, 0.3) is 0 Å². The van der Waals surface area contributed by atoms with Crippen LogP contribution >= 0.6 is 0 Å². The summed E-state index contributed by atoms with van der Waals surface area (Å²) >= 11 is 0. The molecule has 0 aromatic heterocycles. The highest BCUT2D eigenvalue weighted by atomic mass is 19.1. The number of aliphatic hydroxyl groups excluding tert-OH is 1. The molecule has 1 atom stereocenters. The largest absolute Gasteiger partial charge is 0.462 e. The summed E-state index contributed by atoms with van der Waals surface area (Å²) in [4.78, 5) is 23.5. The predicted octanol–water partition coefficient (Wildman–Crippen LogP) is 2.20. The fourth-order valence-electron chi connectivity index (χ4n) is 1.85. The molecule has 0 spiro atoms. The Morgan fingerprint density at radius 1 is 1.41 bits per heavy atom. The zero-order valence-electron chi connectivity index (χ0n) is 12.9. The van der Waals surface area contributed by atoms with Gasteiger partial charge in [-0.05, 0) is 44.9 Å². The van der Waals surface area contributed by atoms with Crippen molar-refractivity contribution in [2.45, 2.75) is 33.2 Å². The van der Waals surface area contributed by atoms with Gasteiger partial charge in [0, 0.05) is 12.6 Å². The van der Waals surface area contributed by atoms with Crippen molar-refractivity contribution in [3.63, 3.8) is 0 Å². The van der Waals surface area contributed by atoms with E-state index in [2.05, 4.69) is 10.6 Å². The minimum Gasteiger partial charge on any atom is -0.462 e. The van der Waals surface area contributed by atoms with E-state index in [4.69, 9.17) is 9.84 Å². The summed E-state index contributed by atoms with van der Waals surface area (Å²) in [5.41, 5.74) is 0.514. The van der Waals surface area contributed by atoms with Crippen LogP contribution in [0, 0.1) is 12.7 Å². The van der Waals surface area contributed by atoms with Crippen molar-refractivity contribution in [3.05, 3.63) is 29.1 Å². The minimum atomic E-state index is -0.643. The number of hydrogen-bond acceptors (Lipinski definition) is 4. The number of rotatable bonds is 6. The number of aliphatic hydroxyl groups is 1. The van der Waals surface area contributed by atoms with Gasteiger partial charge in [0.25, 0.3) is 0 Å². The lowest BCUT2D eigenvalue weighted by atomic mass is 10.1. The van der Waals surface area contributed by atoms with Crippen molar-refractivity contribution in [2.24, 2.45) is 0 Å². The van der Waals surface area contributed by atoms with Crippen molar-refractivity contribution >= 4 is 17.7 Å². The molecule has 0 saturated heterocycles. The Labute approximate surface area is 128 Å². The molecule has 122 valence electrons. The first-order valence-electron chi connectivity index (χ1n) is 7.04. The normalized spacial score (nSPS) is 11.7. The topological polar surface area (TPSA) is 87.7 Å². The number of carbonyl (C=O) groups is 2. The van der Waals surface area contributed by atoms with Crippen molar-refractivity contribution in [3.8, 4) is 0 Å². The number of halogens is 1. The number of nitrogens with one attached hydrogen (secondary N) is 2. The van der Waals surface area contributed by atoms with Gasteiger partial charge >= 0.3 is 12.0 Å². The van der Waals surface area contributed by atoms with E-state index in [1.165, 1.54) is 12.1 Å². The average Bonchev–Trinajstić information content (AvgIpc) is 2.42. The van der Waals surface area contributed by atoms with E-state index in [0.717, 1.165) is 0 Å². The molecule has 0 bridgehead atoms. The number of aryl methyl sites for hydroxylation is 1. The molecule has 1 rings (SSSR count). The molecule has 0 saturated carbocycles. The number of esters is 1. The maximum atomic E-state index is 13.9. The Kier molecular flexibility index (Phi) is 6.78. The molecule has 3 N–H and O–H groups in total. The van der Waals surface area contributed by atoms with Gasteiger partial charge in [-0.2, -0.15) is 0 Å². The number of anilines is 1. The molecule has 1 aromatic rings. The van der Waals surface area contributed by atoms with Gasteiger partial charge in [-0.3, -0.25) is 0 Å². The van der Waals surface area contributed by atoms with Crippen LogP contribution in [0.15, 0.2) is 12.1 Å². The molecule has 0 heterocycles. The fourth-order valence-corrected chi connectivity index (χ4v) is 1.85. The molecule has 0 aliphatic rings. The smallest absolute Gasteiger partial charge is 0.338 e. The molecule has 0 unspecified atom stereocenters. The third-order valence-electron chi connectivity index (χ3n) is 3.00. The van der Waals surface area contributed by atoms with E-state index in [9.17, 15) is 14.0 Å². The SMILES string of the molecule is CCOC(=O)c1cc(NC(=O)N[C@@H](C)CCO)c(F)cc1C. The molecule has 0 radical (unpaired) electrons. The highest BCUT2D eigenvalue weighted by Crippen LogP contribution is 2.21. The number of ether oxygens (including phenoxy) is 1. The summed E-state index contributed by atoms with van der Waals surface area (Å²) in [7, 11) is 0. The van der Waals surface area contributed by atoms with Crippen molar-refractivity contribution in [1.29, 1.82) is 0 Å². The van der Waals surface area contributed by atoms with Gasteiger partial charge in [0.1, 0.15) is 5.82 Å². The van der Waals surface area contributed by atoms with Crippen LogP contribution in [0.4, 0.5) is 14.9 Å². The second-order valence-corrected chi connectivity index (χ2v) is 4.88. The van der Waals surface area contributed by atoms with Crippen molar-refractivity contribution in [1.82, 2.24) is 5.32 Å². The zero-order valence-corrected chi connectivity index (χ0v) is 12.9. The third kappa shape index (κ3) is 5.00. The number of benzene rings is 1. The Hall–Kier alpha value is -2.15. The maximum Gasteiger partial charge on any atom is 0.338 e. The maximum absolute atomic E-state index is 13.9. The van der Waals surface area contributed by atoms with Crippen LogP contribution in [0.2, 0.25) is 0 Å². The summed E-state index contributed by atoms with van der Waals surface area (Å²) in [5, 5.41) is 13.7. The van der Waals surface area contributed by atoms with Crippen molar-refractivity contribution in [2.75, 3.05) is 18.5 Å². The summed E-state index contributed by atoms with van der Waals surface area (Å²) in [6.07, 6.45) is 0.387. The Balaban J connectivity index is 2.88. The van der Waals surface area contributed by atoms with E-state index in [-0.39, 0.29) is 30.5 Å². The van der Waals surface area contributed by atoms with Gasteiger partial charge in [-0.1, -0.05) is 0 Å². The second-order valence-electron chi connectivity index (χ2n) is 4.88. The van der Waals surface area contributed by atoms with Gasteiger partial charge in [0.05, 0.1) is 17.9 Å². The van der Waals surface area contributed by atoms with Gasteiger partial charge < -0.3 is 20.5 Å². The average molecular weight is 312 g/mol. The summed E-state index contributed by atoms with van der Waals surface area (Å²) in [6.45, 7) is 5.12. The van der Waals surface area contributed by atoms with Crippen LogP contribution in [0.1, 0.15) is 36.2 Å². The molecule has 6 nitrogen and oxygen atoms in total. The summed E-state index contributed by atoms with van der Waals surface area (Å²) < 4.78 is 18.8. The highest BCUT2D eigenvalue weighted by molar-refractivity contribution is 5.95. The lowest BCUT2D eigenvalue weighted by Gasteiger charge is -2.15. The lowest BCUT2D eigenvalue weighted by molar-refractivity contribution is 0.0525. The molecular weight excluding hydrogens is 291 g/mol. The Morgan fingerprint density at radius 3 is 2.68 bits per heavy atom. The number of carbonyl (C=O) groups excluding carboxylic acids is 2. The monoisotopic (exact) mass is 312 g/mol. The first kappa shape index (κ1) is 17.9. The number of amides is 2. The zero-order chi connectivity index (χ0) is 16.7. The molecule has 1 aromatic carbocycles. The van der Waals surface area contributed by atoms with E-state index in [0.29, 0.717) is 12.0 Å². The molecule has 0 fully saturated rings. The van der Waals surface area contributed by atoms with E-state index < -0.39 is 17.8 Å². The molecular formula is C15H21FN2O4. The molecule has 7 heteroatoms. The van der Waals surface area contributed by atoms with Crippen LogP contribution in [-0.4, -0.2) is 36.4 Å². The van der Waals surface area contributed by atoms with Gasteiger partial charge in [0.15, 0.2) is 0 Å². The quantitative estimate of drug-likeness (QED) is 0.703. The standard InChI is InChI=1S/C15H21FN2O4/c1-4-22-14(20)11-8-13(12(16)7-9(11)2)18-15(21)17-10(3)5-6-19/h7-8,10,19H,4-6H2,1-3H3,(H2,17,18,21)/t10-/m0/s1. The lowest BCUT2D eigenvalue weighted by Crippen LogP contribution is -2.36. The van der Waals surface area contributed by atoms with E-state index in [1.807, 2.05) is 0 Å². The molecule has 0 aliphatic carbocycles. The predicted molar refractivity (Wildman–Crippen MR) is 80.4 cm³/mol. The van der Waals surface area contributed by atoms with E-state index >= 15 is 0 Å². The van der Waals surface area contributed by atoms with E-state index in [1.54, 1.807) is 20.8 Å². The Morgan fingerprint density at radius 2 is 2.09 bits per heavy atom. The highest BCUT2D eigenvalue weighted by Gasteiger charge is 2.16. The second kappa shape index (κ2) is 8.33. The van der Waals surface area contributed by atoms with Gasteiger partial charge in [0.2, 0.25) is 0 Å². The number of urea groups is 1. The van der Waals surface area contributed by atoms with Crippen LogP contribution in [0.3, 0.4) is 0 Å². The number of hydrogen-bond donors (Lipinski definition) is 3. The van der Waals surface area contributed by atoms with Crippen LogP contribution < -0.4 is 10.6 Å². The molecule has 2 amide bonds. The molecule has 22 heavy (non-hydrogen) atoms. The fraction of sp³-hybridized carbons (Fsp3) is 0.467. The van der Waals surface area contributed by atoms with Crippen LogP contribution in [0.5, 0.6) is 0 Å². The Bertz CT molecular complexity index is 549. The minimum absolute atomic E-state index is 0.0622. The van der Waals surface area contributed by atoms with Crippen molar-refractivity contribution < 1.29 is 23.8 Å². The third-order valence-corrected chi connectivity index (χ3v) is 3.00. The van der Waals surface area contributed by atoms with Gasteiger partial charge in [-0.25, -0.2) is 14.0 Å². The van der Waals surface area contributed by atoms with Gasteiger partial charge in [-0.15, -0.1) is 0 Å². The summed E-state index contributed by atoms with van der Waals surface area (Å²) in [6, 6.07) is 1.54. The summed E-state index contributed by atoms with van der Waals surface area (Å²) in [5.74, 6) is -1.22. The van der Waals surface area contributed by atoms with Crippen LogP contribution in [-0.2, 0) is 4.74 Å². The first-order valence-corrected chi connectivity index (χ1v) is 7.04.